The van der Waals surface area contributed by atoms with Crippen molar-refractivity contribution in [3.63, 3.8) is 0 Å². The number of piperidine rings is 1. The second-order valence-electron chi connectivity index (χ2n) is 28.8. The zero-order valence-electron chi connectivity index (χ0n) is 47.9. The van der Waals surface area contributed by atoms with Crippen LogP contribution in [-0.4, -0.2) is 110 Å². The molecule has 11 aliphatic carbocycles. The van der Waals surface area contributed by atoms with Crippen molar-refractivity contribution in [2.75, 3.05) is 25.4 Å². The number of esters is 1. The molecule has 1 aromatic carbocycles. The van der Waals surface area contributed by atoms with Crippen molar-refractivity contribution >= 4 is 33.5 Å². The van der Waals surface area contributed by atoms with Crippen LogP contribution in [0.25, 0.3) is 0 Å². The van der Waals surface area contributed by atoms with E-state index in [2.05, 4.69) is 82.2 Å². The third kappa shape index (κ3) is 7.53. The molecule has 4 aliphatic heterocycles. The van der Waals surface area contributed by atoms with Crippen LogP contribution in [-0.2, 0) is 16.0 Å². The van der Waals surface area contributed by atoms with Gasteiger partial charge in [-0.3, -0.25) is 4.79 Å². The summed E-state index contributed by atoms with van der Waals surface area (Å²) in [4.78, 5) is 19.1. The number of benzene rings is 1. The maximum atomic E-state index is 13.4. The number of ether oxygens (including phenoxy) is 2. The minimum Gasteiger partial charge on any atom is -0.504 e. The Bertz CT molecular complexity index is 3230. The lowest BCUT2D eigenvalue weighted by atomic mass is 9.25. The number of aliphatic imine (C=N–C) groups is 1. The molecule has 15 aliphatic rings. The highest BCUT2D eigenvalue weighted by Crippen LogP contribution is 2.90. The number of carbonyl (C=O) groups is 1. The third-order valence-corrected chi connectivity index (χ3v) is 28.2. The zero-order valence-corrected chi connectivity index (χ0v) is 49.5. The molecule has 22 atom stereocenters. The number of hydrogen-bond acceptors (Lipinski definition) is 15. The molecule has 16 rings (SSSR count). The summed E-state index contributed by atoms with van der Waals surface area (Å²) in [6, 6.07) is 2.41. The van der Waals surface area contributed by atoms with Gasteiger partial charge in [0.15, 0.2) is 23.7 Å². The average molecular weight is 1160 g/mol. The lowest BCUT2D eigenvalue weighted by molar-refractivity contribution is -0.238. The van der Waals surface area contributed by atoms with Crippen LogP contribution in [0.1, 0.15) is 133 Å². The topological polar surface area (TPSA) is 211 Å². The van der Waals surface area contributed by atoms with E-state index in [1.807, 2.05) is 27.7 Å². The maximum absolute atomic E-state index is 13.4. The fraction of sp³-hybridized carbons (Fsp3) is 0.676. The van der Waals surface area contributed by atoms with E-state index in [9.17, 15) is 30.3 Å². The van der Waals surface area contributed by atoms with Gasteiger partial charge in [-0.15, -0.1) is 0 Å². The first kappa shape index (κ1) is 54.2. The van der Waals surface area contributed by atoms with Gasteiger partial charge in [0.2, 0.25) is 0 Å². The standard InChI is InChI=1S/C68H83N5O8S2/c1-38(74)80-54-31-47(75)15-23-64-22-12-40-26-39-7-10-49(35-70-36-63(33-39)34-48(17-25-71-63)81-55-30-43(29-50(40)54)51(60(78)79)32-53(55)76)83-82-37-66(73-61(69)72-56(64)5-2-6-57(64)77)59-42-11-19-62-20-13-44-9-8-41-27-46-14-24-65(18-3-4-45(65)28-42)67(46,59)52(16-21-62)58(41)68(44,62)66/h2,5,11,16,19,21,27-28,30,32,39-40,44-50,52,54,56-60,70-71,75-79H,3-4,6,8-9,13-15,17-18,20,23-26,29,31,33-37H2,1H3,(H3,69,72,73). The first-order valence-corrected chi connectivity index (χ1v) is 34.3. The largest absolute Gasteiger partial charge is 0.504 e. The van der Waals surface area contributed by atoms with Crippen molar-refractivity contribution in [3.05, 3.63) is 83.0 Å². The molecule has 6 fully saturated rings. The van der Waals surface area contributed by atoms with Gasteiger partial charge in [0.1, 0.15) is 12.2 Å². The molecule has 10 N–H and O–H groups in total. The van der Waals surface area contributed by atoms with Crippen molar-refractivity contribution < 1.29 is 39.8 Å². The van der Waals surface area contributed by atoms with Gasteiger partial charge in [-0.05, 0) is 167 Å². The first-order valence-electron chi connectivity index (χ1n) is 31.9. The number of fused-ring (bicyclic) bond motifs is 4. The SMILES string of the molecule is CC(=O)OC1CC(O)CCC23C#CC4CC5C#CC(CNCC6(C5)CC(CCN6)Oc5cc(c(C(O)O)cc5O)CC41)SSCC1(NC(N)=NC2C=CCC3O)C2C3=CC4CCCC45CCC4C=C6CCC7CCC8(C=C3)C=CC(C6C781)C425. The molecule has 15 heteroatoms. The van der Waals surface area contributed by atoms with E-state index in [0.29, 0.717) is 99.3 Å². The summed E-state index contributed by atoms with van der Waals surface area (Å²) in [6.45, 7) is 3.39. The van der Waals surface area contributed by atoms with Gasteiger partial charge in [-0.2, -0.15) is 0 Å². The molecule has 22 unspecified atom stereocenters. The first-order chi connectivity index (χ1) is 40.2. The Morgan fingerprint density at radius 2 is 1.88 bits per heavy atom. The van der Waals surface area contributed by atoms with Crippen LogP contribution in [0.15, 0.2) is 76.9 Å². The number of aromatic hydroxyl groups is 1. The number of nitrogens with one attached hydrogen (secondary N) is 3. The van der Waals surface area contributed by atoms with Gasteiger partial charge in [0.25, 0.3) is 0 Å². The molecular formula is C68H83N5O8S2. The number of carbonyl (C=O) groups excluding carboxylic acids is 1. The average Bonchev–Trinajstić information content (AvgIpc) is 1.55. The van der Waals surface area contributed by atoms with Crippen LogP contribution in [0.2, 0.25) is 0 Å². The summed E-state index contributed by atoms with van der Waals surface area (Å²) >= 11 is 0. The lowest BCUT2D eigenvalue weighted by Crippen LogP contribution is -2.84. The number of nitrogens with two attached hydrogens (primary N) is 1. The summed E-state index contributed by atoms with van der Waals surface area (Å²) < 4.78 is 13.2. The number of phenols is 1. The smallest absolute Gasteiger partial charge is 0.302 e. The molecule has 5 saturated carbocycles. The number of phenolic OH excluding ortho intramolecular Hbond substituents is 1. The molecule has 1 aromatic rings. The predicted molar refractivity (Wildman–Crippen MR) is 321 cm³/mol. The second kappa shape index (κ2) is 19.4. The monoisotopic (exact) mass is 1160 g/mol. The van der Waals surface area contributed by atoms with Crippen molar-refractivity contribution in [1.82, 2.24) is 16.0 Å². The van der Waals surface area contributed by atoms with E-state index < -0.39 is 64.9 Å². The minimum absolute atomic E-state index is 0.000916. The molecule has 440 valence electrons. The van der Waals surface area contributed by atoms with Crippen LogP contribution in [0.5, 0.6) is 11.5 Å². The molecule has 6 spiro atoms. The third-order valence-electron chi connectivity index (χ3n) is 25.5. The number of allylic oxidation sites excluding steroid dienone is 7. The summed E-state index contributed by atoms with van der Waals surface area (Å²) in [5.41, 5.74) is 9.39. The lowest BCUT2D eigenvalue weighted by Gasteiger charge is -2.80. The Morgan fingerprint density at radius 3 is 2.76 bits per heavy atom. The highest BCUT2D eigenvalue weighted by Gasteiger charge is 2.88. The molecule has 0 amide bonds. The van der Waals surface area contributed by atoms with Crippen LogP contribution in [0.3, 0.4) is 0 Å². The van der Waals surface area contributed by atoms with Crippen molar-refractivity contribution in [1.29, 1.82) is 0 Å². The normalized spacial score (nSPS) is 49.0. The Balaban J connectivity index is 0.923. The van der Waals surface area contributed by atoms with Crippen LogP contribution in [0.4, 0.5) is 0 Å². The van der Waals surface area contributed by atoms with Crippen molar-refractivity contribution in [2.45, 2.75) is 176 Å². The van der Waals surface area contributed by atoms with Gasteiger partial charge in [0.05, 0.1) is 34.5 Å². The molecule has 4 heterocycles. The maximum Gasteiger partial charge on any atom is 0.302 e. The van der Waals surface area contributed by atoms with E-state index in [4.69, 9.17) is 20.2 Å². The van der Waals surface area contributed by atoms with E-state index in [-0.39, 0.29) is 81.2 Å². The Hall–Kier alpha value is -4.16. The number of aliphatic hydroxyl groups excluding tert-OH is 3. The highest BCUT2D eigenvalue weighted by atomic mass is 33.1. The summed E-state index contributed by atoms with van der Waals surface area (Å²) in [6.07, 6.45) is 30.3. The number of hydrogen-bond donors (Lipinski definition) is 9. The molecule has 1 saturated heterocycles. The number of rotatable bonds is 2. The van der Waals surface area contributed by atoms with E-state index in [1.165, 1.54) is 69.9 Å². The highest BCUT2D eigenvalue weighted by molar-refractivity contribution is 8.77. The van der Waals surface area contributed by atoms with Crippen LogP contribution < -0.4 is 26.4 Å². The van der Waals surface area contributed by atoms with E-state index in [0.717, 1.165) is 12.2 Å². The molecule has 0 radical (unpaired) electrons. The van der Waals surface area contributed by atoms with Gasteiger partial charge in [-0.25, -0.2) is 4.99 Å². The Kier molecular flexibility index (Phi) is 12.7. The molecule has 0 aromatic heterocycles. The summed E-state index contributed by atoms with van der Waals surface area (Å²) in [5.74, 6) is 17.5. The quantitative estimate of drug-likeness (QED) is 0.0455. The van der Waals surface area contributed by atoms with Gasteiger partial charge < -0.3 is 56.7 Å². The fourth-order valence-corrected chi connectivity index (χ4v) is 25.9. The molecule has 83 heavy (non-hydrogen) atoms. The van der Waals surface area contributed by atoms with Crippen molar-refractivity contribution in [2.24, 2.45) is 91.1 Å². The number of guanidine groups is 1. The molecule has 13 bridgehead atoms. The fourth-order valence-electron chi connectivity index (χ4n) is 23.1. The van der Waals surface area contributed by atoms with Crippen molar-refractivity contribution in [3.8, 4) is 35.2 Å². The summed E-state index contributed by atoms with van der Waals surface area (Å²) in [5, 5.41) is 71.4. The van der Waals surface area contributed by atoms with Crippen LogP contribution >= 0.6 is 21.6 Å². The van der Waals surface area contributed by atoms with Crippen LogP contribution in [0, 0.1) is 104 Å². The summed E-state index contributed by atoms with van der Waals surface area (Å²) in [7, 11) is 3.92. The van der Waals surface area contributed by atoms with Gasteiger partial charge >= 0.3 is 5.97 Å². The zero-order chi connectivity index (χ0) is 56.5. The molecule has 13 nitrogen and oxygen atoms in total. The Morgan fingerprint density at radius 1 is 0.976 bits per heavy atom. The van der Waals surface area contributed by atoms with E-state index in [1.54, 1.807) is 11.6 Å². The van der Waals surface area contributed by atoms with E-state index >= 15 is 0 Å². The number of aliphatic hydroxyl groups is 4. The second-order valence-corrected chi connectivity index (χ2v) is 31.4. The molecular weight excluding hydrogens is 1080 g/mol. The number of nitrogens with zero attached hydrogens (tertiary/aromatic N) is 1. The Labute approximate surface area is 496 Å². The van der Waals surface area contributed by atoms with Gasteiger partial charge in [-0.1, -0.05) is 106 Å². The van der Waals surface area contributed by atoms with Gasteiger partial charge in [0, 0.05) is 84.2 Å². The minimum atomic E-state index is -1.94. The predicted octanol–water partition coefficient (Wildman–Crippen LogP) is 7.84.